The van der Waals surface area contributed by atoms with Gasteiger partial charge in [0.05, 0.1) is 12.5 Å². The molecule has 5 rings (SSSR count). The van der Waals surface area contributed by atoms with Crippen molar-refractivity contribution in [3.05, 3.63) is 47.7 Å². The average Bonchev–Trinajstić information content (AvgIpc) is 3.58. The maximum atomic E-state index is 5.45. The van der Waals surface area contributed by atoms with Crippen molar-refractivity contribution in [2.24, 2.45) is 4.99 Å². The molecule has 33 heavy (non-hydrogen) atoms. The lowest BCUT2D eigenvalue weighted by molar-refractivity contribution is 0.174. The normalized spacial score (nSPS) is 16.8. The number of aromatic nitrogens is 6. The van der Waals surface area contributed by atoms with Gasteiger partial charge in [-0.3, -0.25) is 4.99 Å². The van der Waals surface area contributed by atoms with Crippen molar-refractivity contribution in [2.75, 3.05) is 24.8 Å². The van der Waals surface area contributed by atoms with Gasteiger partial charge in [-0.25, -0.2) is 4.98 Å². The number of fused-ring (bicyclic) bond motifs is 1. The highest BCUT2D eigenvalue weighted by Crippen LogP contribution is 2.32. The zero-order chi connectivity index (χ0) is 22.3. The Balaban J connectivity index is 1.16. The van der Waals surface area contributed by atoms with E-state index in [0.29, 0.717) is 19.2 Å². The number of nitrogens with one attached hydrogen (secondary N) is 2. The molecule has 172 valence electrons. The predicted molar refractivity (Wildman–Crippen MR) is 124 cm³/mol. The van der Waals surface area contributed by atoms with Crippen LogP contribution < -0.4 is 19.7 Å². The molecule has 1 atom stereocenters. The highest BCUT2D eigenvalue weighted by molar-refractivity contribution is 7.09. The number of H-pyrrole nitrogens is 1. The molecule has 12 heteroatoms. The minimum atomic E-state index is 0.139. The molecule has 2 aliphatic heterocycles. The number of hydrogen-bond acceptors (Lipinski definition) is 11. The van der Waals surface area contributed by atoms with E-state index in [9.17, 15) is 0 Å². The third-order valence-corrected chi connectivity index (χ3v) is 6.20. The van der Waals surface area contributed by atoms with Crippen molar-refractivity contribution < 1.29 is 9.47 Å². The smallest absolute Gasteiger partial charge is 0.231 e. The molecule has 3 aromatic rings. The van der Waals surface area contributed by atoms with Gasteiger partial charge in [-0.05, 0) is 43.5 Å². The van der Waals surface area contributed by atoms with Gasteiger partial charge in [0.15, 0.2) is 23.1 Å². The second kappa shape index (κ2) is 10.5. The molecule has 0 saturated carbocycles. The van der Waals surface area contributed by atoms with Gasteiger partial charge >= 0.3 is 0 Å². The van der Waals surface area contributed by atoms with Crippen LogP contribution in [0, 0.1) is 0 Å². The molecular formula is C21H25N9O2S. The van der Waals surface area contributed by atoms with Crippen molar-refractivity contribution >= 4 is 22.9 Å². The van der Waals surface area contributed by atoms with E-state index >= 15 is 0 Å². The van der Waals surface area contributed by atoms with E-state index < -0.39 is 0 Å². The monoisotopic (exact) mass is 467 g/mol. The van der Waals surface area contributed by atoms with Crippen LogP contribution in [0.15, 0.2) is 35.5 Å². The molecule has 2 N–H and O–H groups in total. The Morgan fingerprint density at radius 1 is 1.24 bits per heavy atom. The minimum absolute atomic E-state index is 0.139. The molecule has 0 fully saturated rings. The fourth-order valence-electron chi connectivity index (χ4n) is 3.68. The highest BCUT2D eigenvalue weighted by Gasteiger charge is 2.20. The summed E-state index contributed by atoms with van der Waals surface area (Å²) < 4.78 is 15.4. The van der Waals surface area contributed by atoms with Crippen molar-refractivity contribution in [3.63, 3.8) is 0 Å². The van der Waals surface area contributed by atoms with Crippen LogP contribution in [0.2, 0.25) is 0 Å². The molecular weight excluding hydrogens is 442 g/mol. The standard InChI is InChI=1S/C21H25N9O2S/c1-2-7-23-12-16(4-1)20-24-21(33-27-20)30(13-19-25-28-29-26-19)9-3-8-22-11-15-5-6-17-18(10-15)32-14-31-17/h2,5-7,10,12,16,22H,1,3-4,8-9,11,13-14H2,(H,25,26,28,29). The number of allylic oxidation sites excluding steroid dienone is 1. The molecule has 0 aliphatic carbocycles. The van der Waals surface area contributed by atoms with Gasteiger partial charge in [-0.15, -0.1) is 10.2 Å². The van der Waals surface area contributed by atoms with Gasteiger partial charge in [0, 0.05) is 37.0 Å². The summed E-state index contributed by atoms with van der Waals surface area (Å²) in [6, 6.07) is 6.03. The van der Waals surface area contributed by atoms with E-state index in [4.69, 9.17) is 14.5 Å². The highest BCUT2D eigenvalue weighted by atomic mass is 32.1. The lowest BCUT2D eigenvalue weighted by atomic mass is 10.1. The Bertz CT molecular complexity index is 1100. The van der Waals surface area contributed by atoms with Crippen molar-refractivity contribution in [3.8, 4) is 11.5 Å². The van der Waals surface area contributed by atoms with Gasteiger partial charge in [0.25, 0.3) is 0 Å². The van der Waals surface area contributed by atoms with Crippen LogP contribution in [-0.2, 0) is 13.1 Å². The van der Waals surface area contributed by atoms with E-state index in [1.807, 2.05) is 24.5 Å². The van der Waals surface area contributed by atoms with Gasteiger partial charge < -0.3 is 19.7 Å². The van der Waals surface area contributed by atoms with Crippen LogP contribution in [-0.4, -0.2) is 56.1 Å². The number of aliphatic imine (C=N–C) groups is 1. The lowest BCUT2D eigenvalue weighted by Crippen LogP contribution is -2.27. The molecule has 0 amide bonds. The zero-order valence-electron chi connectivity index (χ0n) is 18.1. The third-order valence-electron chi connectivity index (χ3n) is 5.40. The fourth-order valence-corrected chi connectivity index (χ4v) is 4.44. The summed E-state index contributed by atoms with van der Waals surface area (Å²) in [6.45, 7) is 3.22. The number of nitrogens with zero attached hydrogens (tertiary/aromatic N) is 7. The summed E-state index contributed by atoms with van der Waals surface area (Å²) in [4.78, 5) is 11.3. The number of rotatable bonds is 10. The summed E-state index contributed by atoms with van der Waals surface area (Å²) >= 11 is 1.40. The van der Waals surface area contributed by atoms with Crippen molar-refractivity contribution in [2.45, 2.75) is 38.3 Å². The number of hydrogen-bond donors (Lipinski definition) is 2. The molecule has 4 heterocycles. The maximum absolute atomic E-state index is 5.45. The Hall–Kier alpha value is -3.38. The van der Waals surface area contributed by atoms with Crippen LogP contribution >= 0.6 is 11.5 Å². The number of benzene rings is 1. The van der Waals surface area contributed by atoms with E-state index in [1.54, 1.807) is 0 Å². The lowest BCUT2D eigenvalue weighted by Gasteiger charge is -2.19. The Kier molecular flexibility index (Phi) is 6.82. The van der Waals surface area contributed by atoms with E-state index in [2.05, 4.69) is 52.3 Å². The van der Waals surface area contributed by atoms with Crippen LogP contribution in [0.5, 0.6) is 11.5 Å². The Labute approximate surface area is 195 Å². The number of tetrazole rings is 1. The molecule has 2 aromatic heterocycles. The average molecular weight is 468 g/mol. The maximum Gasteiger partial charge on any atom is 0.231 e. The molecule has 0 saturated heterocycles. The van der Waals surface area contributed by atoms with Crippen LogP contribution in [0.1, 0.15) is 42.4 Å². The Morgan fingerprint density at radius 3 is 3.15 bits per heavy atom. The SMILES string of the molecule is C1=CN=CC(c2nsc(N(CCCNCc3ccc4c(c3)OCO4)Cc3nn[nH]n3)n2)CC1. The quantitative estimate of drug-likeness (QED) is 0.432. The molecule has 11 nitrogen and oxygen atoms in total. The van der Waals surface area contributed by atoms with Gasteiger partial charge in [0.1, 0.15) is 0 Å². The van der Waals surface area contributed by atoms with Gasteiger partial charge in [0.2, 0.25) is 11.9 Å². The summed E-state index contributed by atoms with van der Waals surface area (Å²) in [5.74, 6) is 3.20. The first-order valence-corrected chi connectivity index (χ1v) is 11.7. The molecule has 1 unspecified atom stereocenters. The van der Waals surface area contributed by atoms with Crippen molar-refractivity contribution in [1.29, 1.82) is 0 Å². The van der Waals surface area contributed by atoms with Gasteiger partial charge in [-0.1, -0.05) is 17.4 Å². The number of aromatic amines is 1. The number of anilines is 1. The van der Waals surface area contributed by atoms with Crippen LogP contribution in [0.25, 0.3) is 0 Å². The fraction of sp³-hybridized carbons (Fsp3) is 0.429. The first-order chi connectivity index (χ1) is 16.3. The third kappa shape index (κ3) is 5.52. The second-order valence-electron chi connectivity index (χ2n) is 7.77. The minimum Gasteiger partial charge on any atom is -0.454 e. The second-order valence-corrected chi connectivity index (χ2v) is 8.50. The number of ether oxygens (including phenoxy) is 2. The first kappa shape index (κ1) is 21.5. The largest absolute Gasteiger partial charge is 0.454 e. The molecule has 0 bridgehead atoms. The molecule has 1 aromatic carbocycles. The summed E-state index contributed by atoms with van der Waals surface area (Å²) in [5, 5.41) is 18.7. The first-order valence-electron chi connectivity index (χ1n) is 10.9. The van der Waals surface area contributed by atoms with Gasteiger partial charge in [-0.2, -0.15) is 9.59 Å². The predicted octanol–water partition coefficient (Wildman–Crippen LogP) is 2.43. The topological polar surface area (TPSA) is 126 Å². The van der Waals surface area contributed by atoms with E-state index in [0.717, 1.165) is 66.9 Å². The summed E-state index contributed by atoms with van der Waals surface area (Å²) in [6.07, 6.45) is 8.70. The summed E-state index contributed by atoms with van der Waals surface area (Å²) in [5.41, 5.74) is 1.16. The van der Waals surface area contributed by atoms with Crippen molar-refractivity contribution in [1.82, 2.24) is 35.3 Å². The molecule has 0 spiro atoms. The molecule has 2 aliphatic rings. The van der Waals surface area contributed by atoms with E-state index in [1.165, 1.54) is 11.5 Å². The Morgan fingerprint density at radius 2 is 2.21 bits per heavy atom. The molecule has 0 radical (unpaired) electrons. The van der Waals surface area contributed by atoms with Crippen LogP contribution in [0.4, 0.5) is 5.13 Å². The summed E-state index contributed by atoms with van der Waals surface area (Å²) in [7, 11) is 0. The van der Waals surface area contributed by atoms with E-state index in [-0.39, 0.29) is 5.92 Å². The van der Waals surface area contributed by atoms with Crippen LogP contribution in [0.3, 0.4) is 0 Å². The zero-order valence-corrected chi connectivity index (χ0v) is 18.9.